The van der Waals surface area contributed by atoms with Gasteiger partial charge in [-0.15, -0.1) is 0 Å². The van der Waals surface area contributed by atoms with E-state index in [0.717, 1.165) is 30.8 Å². The lowest BCUT2D eigenvalue weighted by molar-refractivity contribution is 0.0734. The minimum atomic E-state index is -3.57. The first-order chi connectivity index (χ1) is 19.9. The molecule has 0 unspecified atom stereocenters. The Labute approximate surface area is 240 Å². The quantitative estimate of drug-likeness (QED) is 0.192. The number of hydrogen-bond acceptors (Lipinski definition) is 8. The van der Waals surface area contributed by atoms with E-state index in [2.05, 4.69) is 24.9 Å². The minimum Gasteiger partial charge on any atom is -0.423 e. The van der Waals surface area contributed by atoms with Gasteiger partial charge in [0.05, 0.1) is 10.5 Å². The molecule has 4 aromatic rings. The third kappa shape index (κ3) is 8.07. The molecule has 0 saturated carbocycles. The van der Waals surface area contributed by atoms with Crippen molar-refractivity contribution in [1.82, 2.24) is 19.6 Å². The van der Waals surface area contributed by atoms with Gasteiger partial charge in [0.25, 0.3) is 0 Å². The molecule has 2 heterocycles. The van der Waals surface area contributed by atoms with E-state index in [1.807, 2.05) is 30.4 Å². The van der Waals surface area contributed by atoms with E-state index in [1.165, 1.54) is 12.8 Å². The minimum absolute atomic E-state index is 0.213. The fourth-order valence-corrected chi connectivity index (χ4v) is 5.40. The fraction of sp³-hybridized carbons (Fsp3) is 0.194. The van der Waals surface area contributed by atoms with Crippen molar-refractivity contribution >= 4 is 39.8 Å². The van der Waals surface area contributed by atoms with Crippen LogP contribution < -0.4 is 14.8 Å². The summed E-state index contributed by atoms with van der Waals surface area (Å²) in [6.07, 6.45) is 9.44. The Balaban J connectivity index is 1.13. The van der Waals surface area contributed by atoms with Gasteiger partial charge in [-0.3, -0.25) is 0 Å². The molecule has 0 spiro atoms. The molecule has 1 aliphatic rings. The Morgan fingerprint density at radius 3 is 2.32 bits per heavy atom. The van der Waals surface area contributed by atoms with Crippen LogP contribution in [0.15, 0.2) is 96.2 Å². The number of ether oxygens (including phenoxy) is 1. The van der Waals surface area contributed by atoms with Gasteiger partial charge >= 0.3 is 5.97 Å². The molecule has 5 rings (SSSR count). The van der Waals surface area contributed by atoms with Crippen LogP contribution in [0.5, 0.6) is 5.75 Å². The smallest absolute Gasteiger partial charge is 0.343 e. The van der Waals surface area contributed by atoms with Crippen molar-refractivity contribution in [2.75, 3.05) is 31.5 Å². The van der Waals surface area contributed by atoms with Gasteiger partial charge in [-0.05, 0) is 80.0 Å². The topological polar surface area (TPSA) is 114 Å². The average molecular weight is 570 g/mol. The molecule has 3 aromatic carbocycles. The van der Waals surface area contributed by atoms with E-state index in [1.54, 1.807) is 73.1 Å². The monoisotopic (exact) mass is 569 g/mol. The highest BCUT2D eigenvalue weighted by atomic mass is 32.2. The van der Waals surface area contributed by atoms with E-state index < -0.39 is 16.0 Å². The van der Waals surface area contributed by atoms with E-state index in [9.17, 15) is 13.2 Å². The summed E-state index contributed by atoms with van der Waals surface area (Å²) in [4.78, 5) is 23.5. The molecule has 0 aliphatic carbocycles. The largest absolute Gasteiger partial charge is 0.423 e. The van der Waals surface area contributed by atoms with Crippen molar-refractivity contribution in [3.63, 3.8) is 0 Å². The molecule has 210 valence electrons. The van der Waals surface area contributed by atoms with Crippen LogP contribution in [-0.4, -0.2) is 55.4 Å². The Hall–Kier alpha value is -4.38. The SMILES string of the molecule is O=C(Oc1cccc(/C=C/c2cnc(Nc3ccc(S(=O)(=O)NCCN4CCCC4)cc3)nc2)c1)c1ccccc1. The first-order valence-corrected chi connectivity index (χ1v) is 14.9. The maximum atomic E-state index is 12.6. The van der Waals surface area contributed by atoms with Crippen LogP contribution in [0, 0.1) is 0 Å². The number of benzene rings is 3. The molecular formula is C31H31N5O4S. The van der Waals surface area contributed by atoms with Gasteiger partial charge in [-0.1, -0.05) is 42.5 Å². The van der Waals surface area contributed by atoms with E-state index in [0.29, 0.717) is 29.5 Å². The normalized spacial score (nSPS) is 13.9. The van der Waals surface area contributed by atoms with Gasteiger partial charge in [0.1, 0.15) is 5.75 Å². The summed E-state index contributed by atoms with van der Waals surface area (Å²) in [6.45, 7) is 3.18. The van der Waals surface area contributed by atoms with Crippen LogP contribution in [0.3, 0.4) is 0 Å². The molecule has 0 radical (unpaired) electrons. The van der Waals surface area contributed by atoms with Crippen LogP contribution in [0.2, 0.25) is 0 Å². The second-order valence-electron chi connectivity index (χ2n) is 9.60. The second kappa shape index (κ2) is 13.3. The summed E-state index contributed by atoms with van der Waals surface area (Å²) in [5, 5.41) is 3.09. The summed E-state index contributed by atoms with van der Waals surface area (Å²) < 4.78 is 33.4. The van der Waals surface area contributed by atoms with Gasteiger partial charge in [-0.2, -0.15) is 0 Å². The number of anilines is 2. The van der Waals surface area contributed by atoms with Crippen molar-refractivity contribution in [2.24, 2.45) is 0 Å². The van der Waals surface area contributed by atoms with Gasteiger partial charge in [0, 0.05) is 36.7 Å². The van der Waals surface area contributed by atoms with Crippen LogP contribution >= 0.6 is 0 Å². The Bertz CT molecular complexity index is 1590. The summed E-state index contributed by atoms with van der Waals surface area (Å²) in [7, 11) is -3.57. The standard InChI is InChI=1S/C31H31N5O4S/c37-30(26-8-2-1-3-9-26)40-28-10-6-7-24(21-28)11-12-25-22-32-31(33-23-25)35-27-13-15-29(16-14-27)41(38,39)34-17-20-36-18-4-5-19-36/h1-3,6-16,21-23,34H,4-5,17-20H2,(H,32,33,35)/b12-11+. The van der Waals surface area contributed by atoms with Crippen LogP contribution in [-0.2, 0) is 10.0 Å². The van der Waals surface area contributed by atoms with Crippen LogP contribution in [0.1, 0.15) is 34.3 Å². The van der Waals surface area contributed by atoms with Crippen LogP contribution in [0.25, 0.3) is 12.2 Å². The molecular weight excluding hydrogens is 538 g/mol. The zero-order chi connectivity index (χ0) is 28.5. The molecule has 10 heteroatoms. The number of nitrogens with one attached hydrogen (secondary N) is 2. The predicted octanol–water partition coefficient (Wildman–Crippen LogP) is 4.98. The highest BCUT2D eigenvalue weighted by Crippen LogP contribution is 2.19. The number of rotatable bonds is 11. The van der Waals surface area contributed by atoms with E-state index in [4.69, 9.17) is 4.74 Å². The second-order valence-corrected chi connectivity index (χ2v) is 11.4. The molecule has 0 atom stereocenters. The van der Waals surface area contributed by atoms with Gasteiger partial charge in [0.2, 0.25) is 16.0 Å². The Morgan fingerprint density at radius 2 is 1.59 bits per heavy atom. The number of sulfonamides is 1. The third-order valence-electron chi connectivity index (χ3n) is 6.56. The lowest BCUT2D eigenvalue weighted by Gasteiger charge is -2.15. The first kappa shape index (κ1) is 28.2. The van der Waals surface area contributed by atoms with E-state index in [-0.39, 0.29) is 4.90 Å². The molecule has 0 amide bonds. The average Bonchev–Trinajstić information content (AvgIpc) is 3.51. The van der Waals surface area contributed by atoms with Crippen molar-refractivity contribution < 1.29 is 17.9 Å². The number of esters is 1. The zero-order valence-corrected chi connectivity index (χ0v) is 23.3. The number of nitrogens with zero attached hydrogens (tertiary/aromatic N) is 3. The lowest BCUT2D eigenvalue weighted by atomic mass is 10.1. The maximum absolute atomic E-state index is 12.6. The summed E-state index contributed by atoms with van der Waals surface area (Å²) in [6, 6.07) is 22.6. The Morgan fingerprint density at radius 1 is 0.878 bits per heavy atom. The first-order valence-electron chi connectivity index (χ1n) is 13.4. The van der Waals surface area contributed by atoms with Crippen molar-refractivity contribution in [3.8, 4) is 5.75 Å². The molecule has 2 N–H and O–H groups in total. The zero-order valence-electron chi connectivity index (χ0n) is 22.4. The molecule has 1 fully saturated rings. The fourth-order valence-electron chi connectivity index (χ4n) is 4.38. The molecule has 1 aliphatic heterocycles. The molecule has 1 saturated heterocycles. The number of hydrogen-bond donors (Lipinski definition) is 2. The van der Waals surface area contributed by atoms with Gasteiger partial charge < -0.3 is 15.0 Å². The molecule has 0 bridgehead atoms. The number of carbonyl (C=O) groups excluding carboxylic acids is 1. The van der Waals surface area contributed by atoms with Crippen molar-refractivity contribution in [1.29, 1.82) is 0 Å². The predicted molar refractivity (Wildman–Crippen MR) is 159 cm³/mol. The number of likely N-dealkylation sites (tertiary alicyclic amines) is 1. The van der Waals surface area contributed by atoms with E-state index >= 15 is 0 Å². The maximum Gasteiger partial charge on any atom is 0.343 e. The highest BCUT2D eigenvalue weighted by Gasteiger charge is 2.16. The molecule has 9 nitrogen and oxygen atoms in total. The number of carbonyl (C=O) groups is 1. The van der Waals surface area contributed by atoms with Gasteiger partial charge in [0.15, 0.2) is 0 Å². The third-order valence-corrected chi connectivity index (χ3v) is 8.03. The molecule has 41 heavy (non-hydrogen) atoms. The van der Waals surface area contributed by atoms with Gasteiger partial charge in [-0.25, -0.2) is 27.9 Å². The van der Waals surface area contributed by atoms with Crippen LogP contribution in [0.4, 0.5) is 11.6 Å². The van der Waals surface area contributed by atoms with Crippen molar-refractivity contribution in [3.05, 3.63) is 108 Å². The number of aromatic nitrogens is 2. The highest BCUT2D eigenvalue weighted by molar-refractivity contribution is 7.89. The lowest BCUT2D eigenvalue weighted by Crippen LogP contribution is -2.33. The van der Waals surface area contributed by atoms with Crippen molar-refractivity contribution in [2.45, 2.75) is 17.7 Å². The molecule has 1 aromatic heterocycles. The summed E-state index contributed by atoms with van der Waals surface area (Å²) in [5.41, 5.74) is 2.79. The Kier molecular flexibility index (Phi) is 9.15. The summed E-state index contributed by atoms with van der Waals surface area (Å²) >= 11 is 0. The summed E-state index contributed by atoms with van der Waals surface area (Å²) in [5.74, 6) is 0.425.